The zero-order valence-corrected chi connectivity index (χ0v) is 18.0. The summed E-state index contributed by atoms with van der Waals surface area (Å²) < 4.78 is 38.9. The Morgan fingerprint density at radius 1 is 0.914 bits per heavy atom. The Labute approximate surface area is 197 Å². The van der Waals surface area contributed by atoms with Crippen molar-refractivity contribution in [2.45, 2.75) is 6.18 Å². The molecule has 10 heteroatoms. The molecule has 174 valence electrons. The van der Waals surface area contributed by atoms with Crippen molar-refractivity contribution in [1.29, 1.82) is 0 Å². The van der Waals surface area contributed by atoms with Crippen LogP contribution in [-0.2, 0) is 6.18 Å². The normalized spacial score (nSPS) is 11.4. The van der Waals surface area contributed by atoms with Gasteiger partial charge in [0.15, 0.2) is 11.6 Å². The molecule has 0 aliphatic rings. The van der Waals surface area contributed by atoms with E-state index in [0.717, 1.165) is 17.7 Å². The van der Waals surface area contributed by atoms with Crippen molar-refractivity contribution >= 4 is 34.1 Å². The second-order valence-electron chi connectivity index (χ2n) is 7.61. The lowest BCUT2D eigenvalue weighted by Crippen LogP contribution is -2.13. The highest BCUT2D eigenvalue weighted by atomic mass is 19.4. The molecule has 3 aromatic heterocycles. The molecule has 3 N–H and O–H groups in total. The third-order valence-electron chi connectivity index (χ3n) is 5.16. The average molecular weight is 474 g/mol. The highest BCUT2D eigenvalue weighted by molar-refractivity contribution is 6.05. The number of nitrogens with zero attached hydrogens (tertiary/aromatic N) is 3. The number of rotatable bonds is 5. The smallest absolute Gasteiger partial charge is 0.357 e. The Morgan fingerprint density at radius 2 is 1.74 bits per heavy atom. The maximum atomic E-state index is 13.0. The van der Waals surface area contributed by atoms with Crippen LogP contribution < -0.4 is 10.6 Å². The van der Waals surface area contributed by atoms with Crippen LogP contribution in [0.4, 0.5) is 30.4 Å². The molecular weight excluding hydrogens is 457 g/mol. The van der Waals surface area contributed by atoms with Gasteiger partial charge in [-0.25, -0.2) is 9.97 Å². The molecule has 0 saturated carbocycles. The van der Waals surface area contributed by atoms with Crippen molar-refractivity contribution < 1.29 is 18.0 Å². The Balaban J connectivity index is 1.41. The maximum Gasteiger partial charge on any atom is 0.416 e. The van der Waals surface area contributed by atoms with Gasteiger partial charge in [0.25, 0.3) is 5.91 Å². The first-order valence-electron chi connectivity index (χ1n) is 10.5. The highest BCUT2D eigenvalue weighted by Crippen LogP contribution is 2.31. The number of hydrogen-bond acceptors (Lipinski definition) is 5. The fourth-order valence-electron chi connectivity index (χ4n) is 3.51. The fourth-order valence-corrected chi connectivity index (χ4v) is 3.51. The first-order chi connectivity index (χ1) is 16.9. The summed E-state index contributed by atoms with van der Waals surface area (Å²) in [4.78, 5) is 29.1. The van der Waals surface area contributed by atoms with Gasteiger partial charge in [0.1, 0.15) is 5.52 Å². The van der Waals surface area contributed by atoms with Gasteiger partial charge >= 0.3 is 6.18 Å². The number of nitrogens with one attached hydrogen (secondary N) is 3. The van der Waals surface area contributed by atoms with Crippen LogP contribution in [0, 0.1) is 0 Å². The minimum Gasteiger partial charge on any atom is -0.357 e. The number of alkyl halides is 3. The van der Waals surface area contributed by atoms with Crippen LogP contribution in [-0.4, -0.2) is 25.8 Å². The number of carbonyl (C=O) groups excluding carboxylic acids is 1. The van der Waals surface area contributed by atoms with Gasteiger partial charge in [-0.05, 0) is 54.6 Å². The Morgan fingerprint density at radius 3 is 2.54 bits per heavy atom. The number of halogens is 3. The molecule has 0 atom stereocenters. The van der Waals surface area contributed by atoms with Crippen molar-refractivity contribution in [3.05, 3.63) is 96.4 Å². The van der Waals surface area contributed by atoms with Gasteiger partial charge in [0.2, 0.25) is 0 Å². The van der Waals surface area contributed by atoms with Crippen LogP contribution >= 0.6 is 0 Å². The van der Waals surface area contributed by atoms with E-state index in [1.807, 2.05) is 12.1 Å². The molecule has 0 spiro atoms. The molecule has 1 amide bonds. The van der Waals surface area contributed by atoms with Gasteiger partial charge in [-0.15, -0.1) is 0 Å². The van der Waals surface area contributed by atoms with Crippen LogP contribution in [0.5, 0.6) is 0 Å². The molecule has 0 unspecified atom stereocenters. The first kappa shape index (κ1) is 22.1. The Bertz CT molecular complexity index is 1510. The second-order valence-corrected chi connectivity index (χ2v) is 7.61. The molecule has 3 heterocycles. The van der Waals surface area contributed by atoms with E-state index >= 15 is 0 Å². The molecule has 0 radical (unpaired) electrons. The molecule has 5 aromatic rings. The van der Waals surface area contributed by atoms with Gasteiger partial charge in [0, 0.05) is 41.1 Å². The van der Waals surface area contributed by atoms with Crippen LogP contribution in [0.3, 0.4) is 0 Å². The third-order valence-corrected chi connectivity index (χ3v) is 5.16. The van der Waals surface area contributed by atoms with Gasteiger partial charge in [0.05, 0.1) is 11.1 Å². The Hall–Kier alpha value is -4.73. The number of anilines is 3. The van der Waals surface area contributed by atoms with E-state index in [9.17, 15) is 18.0 Å². The SMILES string of the molecule is O=C(Nc1cccc(C(F)(F)F)c1)c1cccc(Nc2nc(-c3cccnc3)nc3cc[nH]c23)c1. The molecule has 0 aliphatic carbocycles. The third kappa shape index (κ3) is 4.81. The minimum absolute atomic E-state index is 0.0493. The average Bonchev–Trinajstić information content (AvgIpc) is 3.34. The van der Waals surface area contributed by atoms with Crippen LogP contribution in [0.25, 0.3) is 22.4 Å². The van der Waals surface area contributed by atoms with Crippen molar-refractivity contribution in [2.75, 3.05) is 10.6 Å². The van der Waals surface area contributed by atoms with E-state index in [1.54, 1.807) is 48.9 Å². The van der Waals surface area contributed by atoms with E-state index in [4.69, 9.17) is 0 Å². The molecule has 0 aliphatic heterocycles. The van der Waals surface area contributed by atoms with Crippen LogP contribution in [0.1, 0.15) is 15.9 Å². The number of pyridine rings is 1. The van der Waals surface area contributed by atoms with E-state index in [-0.39, 0.29) is 11.3 Å². The summed E-state index contributed by atoms with van der Waals surface area (Å²) in [6.07, 6.45) is 0.570. The quantitative estimate of drug-likeness (QED) is 0.289. The van der Waals surface area contributed by atoms with Gasteiger partial charge in [-0.2, -0.15) is 13.2 Å². The number of aromatic amines is 1. The molecule has 5 rings (SSSR count). The molecule has 2 aromatic carbocycles. The lowest BCUT2D eigenvalue weighted by Gasteiger charge is -2.12. The van der Waals surface area contributed by atoms with Gasteiger partial charge in [-0.3, -0.25) is 9.78 Å². The molecule has 35 heavy (non-hydrogen) atoms. The zero-order chi connectivity index (χ0) is 24.4. The van der Waals surface area contributed by atoms with E-state index < -0.39 is 17.6 Å². The molecular formula is C25H17F3N6O. The molecule has 0 bridgehead atoms. The van der Waals surface area contributed by atoms with Crippen molar-refractivity contribution in [1.82, 2.24) is 19.9 Å². The number of H-pyrrole nitrogens is 1. The number of amides is 1. The maximum absolute atomic E-state index is 13.0. The summed E-state index contributed by atoms with van der Waals surface area (Å²) in [6, 6.07) is 16.5. The summed E-state index contributed by atoms with van der Waals surface area (Å²) in [7, 11) is 0. The number of carbonyl (C=O) groups is 1. The molecule has 0 saturated heterocycles. The monoisotopic (exact) mass is 474 g/mol. The Kier molecular flexibility index (Phi) is 5.61. The predicted octanol–water partition coefficient (Wildman–Crippen LogP) is 6.03. The standard InChI is InChI=1S/C25H17F3N6O/c26-25(27,28)17-6-2-8-19(13-17)32-24(35)15-4-1-7-18(12-15)31-23-21-20(9-11-30-21)33-22(34-23)16-5-3-10-29-14-16/h1-14,30H,(H,32,35)(H,31,33,34). The summed E-state index contributed by atoms with van der Waals surface area (Å²) in [6.45, 7) is 0. The number of benzene rings is 2. The summed E-state index contributed by atoms with van der Waals surface area (Å²) in [5.74, 6) is 0.428. The summed E-state index contributed by atoms with van der Waals surface area (Å²) in [5, 5.41) is 5.71. The highest BCUT2D eigenvalue weighted by Gasteiger charge is 2.30. The second kappa shape index (κ2) is 8.90. The first-order valence-corrected chi connectivity index (χ1v) is 10.5. The molecule has 0 fully saturated rings. The lowest BCUT2D eigenvalue weighted by molar-refractivity contribution is -0.137. The van der Waals surface area contributed by atoms with Crippen LogP contribution in [0.15, 0.2) is 85.3 Å². The van der Waals surface area contributed by atoms with Gasteiger partial charge < -0.3 is 15.6 Å². The molecule has 7 nitrogen and oxygen atoms in total. The minimum atomic E-state index is -4.50. The van der Waals surface area contributed by atoms with E-state index in [2.05, 4.69) is 30.6 Å². The summed E-state index contributed by atoms with van der Waals surface area (Å²) in [5.41, 5.74) is 2.15. The lowest BCUT2D eigenvalue weighted by atomic mass is 10.1. The van der Waals surface area contributed by atoms with E-state index in [1.165, 1.54) is 12.1 Å². The van der Waals surface area contributed by atoms with E-state index in [0.29, 0.717) is 28.4 Å². The topological polar surface area (TPSA) is 95.6 Å². The van der Waals surface area contributed by atoms with Crippen molar-refractivity contribution in [2.24, 2.45) is 0 Å². The summed E-state index contributed by atoms with van der Waals surface area (Å²) >= 11 is 0. The largest absolute Gasteiger partial charge is 0.416 e. The predicted molar refractivity (Wildman–Crippen MR) is 126 cm³/mol. The number of aromatic nitrogens is 4. The zero-order valence-electron chi connectivity index (χ0n) is 18.0. The number of fused-ring (bicyclic) bond motifs is 1. The number of hydrogen-bond donors (Lipinski definition) is 3. The fraction of sp³-hybridized carbons (Fsp3) is 0.0400. The van der Waals surface area contributed by atoms with Crippen LogP contribution in [0.2, 0.25) is 0 Å². The van der Waals surface area contributed by atoms with Gasteiger partial charge in [-0.1, -0.05) is 12.1 Å². The van der Waals surface area contributed by atoms with Crippen molar-refractivity contribution in [3.63, 3.8) is 0 Å². The van der Waals surface area contributed by atoms with Crippen molar-refractivity contribution in [3.8, 4) is 11.4 Å².